The van der Waals surface area contributed by atoms with E-state index >= 15 is 0 Å². The first kappa shape index (κ1) is 12.7. The van der Waals surface area contributed by atoms with Gasteiger partial charge < -0.3 is 5.73 Å². The van der Waals surface area contributed by atoms with Crippen molar-refractivity contribution in [3.8, 4) is 0 Å². The van der Waals surface area contributed by atoms with Gasteiger partial charge in [-0.3, -0.25) is 0 Å². The van der Waals surface area contributed by atoms with Crippen LogP contribution in [0, 0.1) is 5.92 Å². The van der Waals surface area contributed by atoms with Crippen LogP contribution in [0.25, 0.3) is 0 Å². The van der Waals surface area contributed by atoms with Gasteiger partial charge in [-0.25, -0.2) is 4.98 Å². The molecule has 0 aliphatic rings. The smallest absolute Gasteiger partial charge is 0.0928 e. The highest BCUT2D eigenvalue weighted by molar-refractivity contribution is 9.10. The van der Waals surface area contributed by atoms with Gasteiger partial charge in [0.05, 0.1) is 5.01 Å². The van der Waals surface area contributed by atoms with Crippen LogP contribution < -0.4 is 5.73 Å². The van der Waals surface area contributed by atoms with Crippen molar-refractivity contribution < 1.29 is 0 Å². The van der Waals surface area contributed by atoms with Gasteiger partial charge in [-0.1, -0.05) is 34.1 Å². The molecule has 0 saturated heterocycles. The van der Waals surface area contributed by atoms with Crippen molar-refractivity contribution in [2.24, 2.45) is 11.7 Å². The second-order valence-electron chi connectivity index (χ2n) is 4.03. The van der Waals surface area contributed by atoms with Crippen LogP contribution in [-0.4, -0.2) is 11.5 Å². The number of halogens is 1. The Morgan fingerprint density at radius 1 is 1.29 bits per heavy atom. The Hall–Kier alpha value is -0.710. The van der Waals surface area contributed by atoms with Crippen LogP contribution in [0.5, 0.6) is 0 Å². The van der Waals surface area contributed by atoms with Gasteiger partial charge in [-0.15, -0.1) is 11.3 Å². The van der Waals surface area contributed by atoms with E-state index in [1.165, 1.54) is 10.6 Å². The molecule has 1 aromatic carbocycles. The maximum absolute atomic E-state index is 5.85. The molecule has 1 unspecified atom stereocenters. The molecule has 1 heterocycles. The van der Waals surface area contributed by atoms with E-state index in [-0.39, 0.29) is 0 Å². The molecule has 0 aliphatic carbocycles. The van der Waals surface area contributed by atoms with Gasteiger partial charge in [-0.05, 0) is 30.5 Å². The Kier molecular flexibility index (Phi) is 4.71. The van der Waals surface area contributed by atoms with E-state index in [4.69, 9.17) is 5.73 Å². The third-order valence-electron chi connectivity index (χ3n) is 2.75. The number of hydrogen-bond donors (Lipinski definition) is 1. The highest BCUT2D eigenvalue weighted by Crippen LogP contribution is 2.21. The summed E-state index contributed by atoms with van der Waals surface area (Å²) in [4.78, 5) is 4.32. The maximum atomic E-state index is 5.85. The number of hydrogen-bond acceptors (Lipinski definition) is 3. The topological polar surface area (TPSA) is 38.9 Å². The summed E-state index contributed by atoms with van der Waals surface area (Å²) in [5.41, 5.74) is 7.17. The molecule has 1 atom stereocenters. The van der Waals surface area contributed by atoms with Crippen LogP contribution >= 0.6 is 27.3 Å². The summed E-state index contributed by atoms with van der Waals surface area (Å²) in [7, 11) is 0. The van der Waals surface area contributed by atoms with Gasteiger partial charge in [0.2, 0.25) is 0 Å². The Labute approximate surface area is 114 Å². The quantitative estimate of drug-likeness (QED) is 0.920. The predicted molar refractivity (Wildman–Crippen MR) is 76.2 cm³/mol. The molecule has 0 aliphatic heterocycles. The van der Waals surface area contributed by atoms with E-state index in [1.807, 2.05) is 17.6 Å². The second-order valence-corrected chi connectivity index (χ2v) is 5.86. The lowest BCUT2D eigenvalue weighted by molar-refractivity contribution is 0.531. The fraction of sp³-hybridized carbons (Fsp3) is 0.308. The van der Waals surface area contributed by atoms with Crippen molar-refractivity contribution in [3.05, 3.63) is 50.9 Å². The molecule has 2 aromatic rings. The maximum Gasteiger partial charge on any atom is 0.0928 e. The van der Waals surface area contributed by atoms with Crippen LogP contribution in [0.1, 0.15) is 10.6 Å². The molecule has 2 N–H and O–H groups in total. The summed E-state index contributed by atoms with van der Waals surface area (Å²) in [5.74, 6) is 0.458. The minimum absolute atomic E-state index is 0.458. The van der Waals surface area contributed by atoms with Crippen LogP contribution in [0.4, 0.5) is 0 Å². The number of nitrogens with two attached hydrogens (primary N) is 1. The molecule has 17 heavy (non-hydrogen) atoms. The zero-order valence-electron chi connectivity index (χ0n) is 9.47. The molecule has 0 bridgehead atoms. The third-order valence-corrected chi connectivity index (χ3v) is 4.32. The van der Waals surface area contributed by atoms with Crippen molar-refractivity contribution in [1.82, 2.24) is 4.98 Å². The van der Waals surface area contributed by atoms with Gasteiger partial charge in [0, 0.05) is 22.5 Å². The molecule has 4 heteroatoms. The van der Waals surface area contributed by atoms with Crippen molar-refractivity contribution in [1.29, 1.82) is 0 Å². The van der Waals surface area contributed by atoms with E-state index < -0.39 is 0 Å². The van der Waals surface area contributed by atoms with Gasteiger partial charge in [0.1, 0.15) is 0 Å². The predicted octanol–water partition coefficient (Wildman–Crippen LogP) is 3.27. The van der Waals surface area contributed by atoms with Crippen LogP contribution in [0.2, 0.25) is 0 Å². The first-order valence-electron chi connectivity index (χ1n) is 5.61. The summed E-state index contributed by atoms with van der Waals surface area (Å²) in [6.45, 7) is 0.695. The van der Waals surface area contributed by atoms with E-state index in [2.05, 4.69) is 39.1 Å². The van der Waals surface area contributed by atoms with Gasteiger partial charge in [-0.2, -0.15) is 0 Å². The summed E-state index contributed by atoms with van der Waals surface area (Å²) < 4.78 is 1.16. The molecular weight excluding hydrogens is 296 g/mol. The molecule has 2 rings (SSSR count). The number of aromatic nitrogens is 1. The Balaban J connectivity index is 2.03. The highest BCUT2D eigenvalue weighted by Gasteiger charge is 2.12. The molecular formula is C13H15BrN2S. The largest absolute Gasteiger partial charge is 0.330 e. The number of thiazole rings is 1. The van der Waals surface area contributed by atoms with Crippen LogP contribution in [-0.2, 0) is 12.8 Å². The molecule has 90 valence electrons. The molecule has 2 nitrogen and oxygen atoms in total. The lowest BCUT2D eigenvalue weighted by Gasteiger charge is -2.14. The van der Waals surface area contributed by atoms with Crippen molar-refractivity contribution in [3.63, 3.8) is 0 Å². The average Bonchev–Trinajstić information content (AvgIpc) is 2.84. The summed E-state index contributed by atoms with van der Waals surface area (Å²) in [6, 6.07) is 8.32. The van der Waals surface area contributed by atoms with Gasteiger partial charge in [0.15, 0.2) is 0 Å². The van der Waals surface area contributed by atoms with Gasteiger partial charge in [0.25, 0.3) is 0 Å². The van der Waals surface area contributed by atoms with Crippen molar-refractivity contribution >= 4 is 27.3 Å². The normalized spacial score (nSPS) is 12.6. The molecule has 0 fully saturated rings. The molecule has 0 radical (unpaired) electrons. The Morgan fingerprint density at radius 3 is 2.76 bits per heavy atom. The number of benzene rings is 1. The zero-order chi connectivity index (χ0) is 12.1. The second kappa shape index (κ2) is 6.28. The molecule has 0 spiro atoms. The summed E-state index contributed by atoms with van der Waals surface area (Å²) in [6.07, 6.45) is 3.82. The molecule has 1 aromatic heterocycles. The lowest BCUT2D eigenvalue weighted by atomic mass is 9.96. The minimum Gasteiger partial charge on any atom is -0.330 e. The van der Waals surface area contributed by atoms with Crippen LogP contribution in [0.15, 0.2) is 40.3 Å². The monoisotopic (exact) mass is 310 g/mol. The minimum atomic E-state index is 0.458. The third kappa shape index (κ3) is 3.63. The zero-order valence-corrected chi connectivity index (χ0v) is 11.9. The van der Waals surface area contributed by atoms with Gasteiger partial charge >= 0.3 is 0 Å². The highest BCUT2D eigenvalue weighted by atomic mass is 79.9. The summed E-state index contributed by atoms with van der Waals surface area (Å²) in [5, 5.41) is 3.19. The summed E-state index contributed by atoms with van der Waals surface area (Å²) >= 11 is 5.28. The molecule has 0 saturated carbocycles. The SMILES string of the molecule is NCC(Cc1nccs1)Cc1ccccc1Br. The van der Waals surface area contributed by atoms with E-state index in [1.54, 1.807) is 11.3 Å². The lowest BCUT2D eigenvalue weighted by Crippen LogP contribution is -2.19. The van der Waals surface area contributed by atoms with E-state index in [0.29, 0.717) is 12.5 Å². The van der Waals surface area contributed by atoms with E-state index in [0.717, 1.165) is 17.3 Å². The standard InChI is InChI=1S/C13H15BrN2S/c14-12-4-2-1-3-11(12)7-10(9-15)8-13-16-5-6-17-13/h1-6,10H,7-9,15H2. The van der Waals surface area contributed by atoms with Crippen molar-refractivity contribution in [2.75, 3.05) is 6.54 Å². The fourth-order valence-corrected chi connectivity index (χ4v) is 2.99. The van der Waals surface area contributed by atoms with Crippen LogP contribution in [0.3, 0.4) is 0 Å². The Bertz CT molecular complexity index is 456. The number of rotatable bonds is 5. The van der Waals surface area contributed by atoms with E-state index in [9.17, 15) is 0 Å². The first-order valence-corrected chi connectivity index (χ1v) is 7.28. The fourth-order valence-electron chi connectivity index (χ4n) is 1.81. The molecule has 0 amide bonds. The first-order chi connectivity index (χ1) is 8.29. The Morgan fingerprint density at radius 2 is 2.12 bits per heavy atom. The number of nitrogens with zero attached hydrogens (tertiary/aromatic N) is 1. The van der Waals surface area contributed by atoms with Crippen molar-refractivity contribution in [2.45, 2.75) is 12.8 Å². The average molecular weight is 311 g/mol.